The van der Waals surface area contributed by atoms with Crippen LogP contribution in [0.25, 0.3) is 11.3 Å². The van der Waals surface area contributed by atoms with Gasteiger partial charge >= 0.3 is 0 Å². The van der Waals surface area contributed by atoms with Gasteiger partial charge in [-0.2, -0.15) is 5.10 Å². The van der Waals surface area contributed by atoms with Crippen LogP contribution in [-0.4, -0.2) is 39.9 Å². The molecule has 1 saturated carbocycles. The zero-order valence-electron chi connectivity index (χ0n) is 17.5. The van der Waals surface area contributed by atoms with E-state index < -0.39 is 0 Å². The summed E-state index contributed by atoms with van der Waals surface area (Å²) in [6, 6.07) is 13.1. The lowest BCUT2D eigenvalue weighted by molar-refractivity contribution is 0.0881. The van der Waals surface area contributed by atoms with Crippen LogP contribution in [0.3, 0.4) is 0 Å². The number of benzene rings is 1. The third kappa shape index (κ3) is 5.17. The summed E-state index contributed by atoms with van der Waals surface area (Å²) in [5.74, 6) is 1.21. The van der Waals surface area contributed by atoms with Crippen molar-refractivity contribution in [2.24, 2.45) is 7.05 Å². The fourth-order valence-corrected chi connectivity index (χ4v) is 3.90. The van der Waals surface area contributed by atoms with Crippen LogP contribution in [0.4, 0.5) is 0 Å². The van der Waals surface area contributed by atoms with E-state index in [1.54, 1.807) is 37.2 Å². The lowest BCUT2D eigenvalue weighted by Crippen LogP contribution is -2.40. The molecule has 2 heterocycles. The molecule has 0 aliphatic heterocycles. The number of halogens is 1. The maximum absolute atomic E-state index is 12.9. The number of nitrogens with zero attached hydrogens (tertiary/aromatic N) is 3. The fraction of sp³-hybridized carbons (Fsp3) is 0.348. The smallest absolute Gasteiger partial charge is 0.269 e. The first kappa shape index (κ1) is 21.2. The van der Waals surface area contributed by atoms with E-state index in [0.29, 0.717) is 16.6 Å². The minimum atomic E-state index is -0.118. The third-order valence-corrected chi connectivity index (χ3v) is 5.70. The molecular formula is C23H25ClN4O3. The summed E-state index contributed by atoms with van der Waals surface area (Å²) in [4.78, 5) is 17.0. The van der Waals surface area contributed by atoms with Crippen LogP contribution in [0.1, 0.15) is 36.2 Å². The highest BCUT2D eigenvalue weighted by molar-refractivity contribution is 6.30. The van der Waals surface area contributed by atoms with Crippen LogP contribution in [0, 0.1) is 0 Å². The van der Waals surface area contributed by atoms with E-state index in [0.717, 1.165) is 42.7 Å². The molecule has 162 valence electrons. The Labute approximate surface area is 186 Å². The molecule has 1 aliphatic carbocycles. The van der Waals surface area contributed by atoms with Crippen molar-refractivity contribution in [3.05, 3.63) is 59.4 Å². The number of hydrogen-bond donors (Lipinski definition) is 1. The number of methoxy groups -OCH3 is 1. The number of ether oxygens (including phenoxy) is 2. The summed E-state index contributed by atoms with van der Waals surface area (Å²) in [6.45, 7) is 0. The Balaban J connectivity index is 1.34. The molecule has 0 unspecified atom stereocenters. The Morgan fingerprint density at radius 1 is 1.16 bits per heavy atom. The summed E-state index contributed by atoms with van der Waals surface area (Å²) in [6.07, 6.45) is 5.09. The SMILES string of the molecule is COc1cccc(-c2cc(C(=O)NC3CCC(Oc4ccc(Cl)cn4)CC3)n(C)n2)c1. The van der Waals surface area contributed by atoms with Gasteiger partial charge in [0.1, 0.15) is 17.5 Å². The number of carbonyl (C=O) groups is 1. The topological polar surface area (TPSA) is 78.3 Å². The van der Waals surface area contributed by atoms with Crippen LogP contribution in [-0.2, 0) is 7.05 Å². The average molecular weight is 441 g/mol. The monoisotopic (exact) mass is 440 g/mol. The van der Waals surface area contributed by atoms with Gasteiger partial charge in [-0.1, -0.05) is 23.7 Å². The van der Waals surface area contributed by atoms with Gasteiger partial charge in [0.05, 0.1) is 17.8 Å². The molecule has 3 aromatic rings. The van der Waals surface area contributed by atoms with Gasteiger partial charge in [0.25, 0.3) is 5.91 Å². The summed E-state index contributed by atoms with van der Waals surface area (Å²) in [5.41, 5.74) is 2.17. The zero-order chi connectivity index (χ0) is 21.8. The first-order valence-electron chi connectivity index (χ1n) is 10.3. The highest BCUT2D eigenvalue weighted by Crippen LogP contribution is 2.25. The molecule has 1 amide bonds. The van der Waals surface area contributed by atoms with Crippen molar-refractivity contribution in [2.45, 2.75) is 37.8 Å². The maximum atomic E-state index is 12.9. The number of hydrogen-bond acceptors (Lipinski definition) is 5. The van der Waals surface area contributed by atoms with Gasteiger partial charge in [-0.25, -0.2) is 4.98 Å². The molecule has 0 spiro atoms. The van der Waals surface area contributed by atoms with Gasteiger partial charge < -0.3 is 14.8 Å². The van der Waals surface area contributed by atoms with E-state index in [-0.39, 0.29) is 18.1 Å². The minimum Gasteiger partial charge on any atom is -0.497 e. The van der Waals surface area contributed by atoms with Crippen LogP contribution < -0.4 is 14.8 Å². The first-order chi connectivity index (χ1) is 15.0. The Kier molecular flexibility index (Phi) is 6.42. The number of aromatic nitrogens is 3. The van der Waals surface area contributed by atoms with Crippen LogP contribution >= 0.6 is 11.6 Å². The second kappa shape index (κ2) is 9.39. The normalized spacial score (nSPS) is 18.4. The predicted octanol–water partition coefficient (Wildman–Crippen LogP) is 4.26. The molecule has 1 N–H and O–H groups in total. The lowest BCUT2D eigenvalue weighted by Gasteiger charge is -2.29. The summed E-state index contributed by atoms with van der Waals surface area (Å²) in [7, 11) is 3.41. The molecule has 2 aromatic heterocycles. The maximum Gasteiger partial charge on any atom is 0.269 e. The number of nitrogens with one attached hydrogen (secondary N) is 1. The number of amides is 1. The molecule has 4 rings (SSSR count). The Hall–Kier alpha value is -3.06. The van der Waals surface area contributed by atoms with Crippen molar-refractivity contribution in [1.82, 2.24) is 20.1 Å². The van der Waals surface area contributed by atoms with E-state index >= 15 is 0 Å². The van der Waals surface area contributed by atoms with Crippen molar-refractivity contribution in [1.29, 1.82) is 0 Å². The Bertz CT molecular complexity index is 1040. The van der Waals surface area contributed by atoms with Gasteiger partial charge in [0.2, 0.25) is 5.88 Å². The molecular weight excluding hydrogens is 416 g/mol. The van der Waals surface area contributed by atoms with Gasteiger partial charge in [-0.3, -0.25) is 9.48 Å². The molecule has 1 aliphatic rings. The number of pyridine rings is 1. The Morgan fingerprint density at radius 3 is 2.68 bits per heavy atom. The molecule has 1 aromatic carbocycles. The van der Waals surface area contributed by atoms with E-state index in [1.807, 2.05) is 30.3 Å². The predicted molar refractivity (Wildman–Crippen MR) is 119 cm³/mol. The summed E-state index contributed by atoms with van der Waals surface area (Å²) in [5, 5.41) is 8.23. The molecule has 7 nitrogen and oxygen atoms in total. The number of carbonyl (C=O) groups excluding carboxylic acids is 1. The summed E-state index contributed by atoms with van der Waals surface area (Å²) < 4.78 is 12.8. The molecule has 1 fully saturated rings. The second-order valence-corrected chi connectivity index (χ2v) is 8.09. The van der Waals surface area contributed by atoms with Crippen molar-refractivity contribution >= 4 is 17.5 Å². The van der Waals surface area contributed by atoms with Gasteiger partial charge in [-0.05, 0) is 49.9 Å². The minimum absolute atomic E-state index is 0.0956. The average Bonchev–Trinajstić information content (AvgIpc) is 3.18. The third-order valence-electron chi connectivity index (χ3n) is 5.48. The van der Waals surface area contributed by atoms with E-state index in [4.69, 9.17) is 21.1 Å². The molecule has 31 heavy (non-hydrogen) atoms. The van der Waals surface area contributed by atoms with Crippen molar-refractivity contribution in [3.8, 4) is 22.9 Å². The van der Waals surface area contributed by atoms with Gasteiger partial charge in [0, 0.05) is 30.9 Å². The molecule has 8 heteroatoms. The van der Waals surface area contributed by atoms with Crippen LogP contribution in [0.2, 0.25) is 5.02 Å². The van der Waals surface area contributed by atoms with Crippen molar-refractivity contribution in [2.75, 3.05) is 7.11 Å². The molecule has 0 radical (unpaired) electrons. The van der Waals surface area contributed by atoms with Crippen molar-refractivity contribution in [3.63, 3.8) is 0 Å². The molecule has 0 bridgehead atoms. The second-order valence-electron chi connectivity index (χ2n) is 7.65. The van der Waals surface area contributed by atoms with Crippen molar-refractivity contribution < 1.29 is 14.3 Å². The number of aryl methyl sites for hydroxylation is 1. The standard InChI is InChI=1S/C23H25ClN4O3/c1-28-21(13-20(27-28)15-4-3-5-19(12-15)30-2)23(29)26-17-7-9-18(10-8-17)31-22-11-6-16(24)14-25-22/h3-6,11-14,17-18H,7-10H2,1-2H3,(H,26,29). The highest BCUT2D eigenvalue weighted by atomic mass is 35.5. The summed E-state index contributed by atoms with van der Waals surface area (Å²) >= 11 is 5.86. The highest BCUT2D eigenvalue weighted by Gasteiger charge is 2.25. The van der Waals surface area contributed by atoms with Gasteiger partial charge in [0.15, 0.2) is 0 Å². The quantitative estimate of drug-likeness (QED) is 0.619. The lowest BCUT2D eigenvalue weighted by atomic mass is 9.93. The van der Waals surface area contributed by atoms with E-state index in [2.05, 4.69) is 15.4 Å². The Morgan fingerprint density at radius 2 is 1.97 bits per heavy atom. The van der Waals surface area contributed by atoms with E-state index in [1.165, 1.54) is 0 Å². The van der Waals surface area contributed by atoms with E-state index in [9.17, 15) is 4.79 Å². The fourth-order valence-electron chi connectivity index (χ4n) is 3.79. The first-order valence-corrected chi connectivity index (χ1v) is 10.7. The largest absolute Gasteiger partial charge is 0.497 e. The molecule has 0 saturated heterocycles. The molecule has 0 atom stereocenters. The van der Waals surface area contributed by atoms with Gasteiger partial charge in [-0.15, -0.1) is 0 Å². The number of rotatable bonds is 6. The van der Waals surface area contributed by atoms with Crippen LogP contribution in [0.15, 0.2) is 48.7 Å². The zero-order valence-corrected chi connectivity index (χ0v) is 18.3. The van der Waals surface area contributed by atoms with Crippen LogP contribution in [0.5, 0.6) is 11.6 Å².